The topological polar surface area (TPSA) is 34.0 Å². The zero-order valence-corrected chi connectivity index (χ0v) is 8.71. The number of hydrogen-bond acceptors (Lipinski definition) is 1. The van der Waals surface area contributed by atoms with Crippen LogP contribution in [0.3, 0.4) is 0 Å². The summed E-state index contributed by atoms with van der Waals surface area (Å²) in [6.45, 7) is 0.975. The number of rotatable bonds is 0. The Morgan fingerprint density at radius 2 is 2.27 bits per heavy atom. The van der Waals surface area contributed by atoms with E-state index >= 15 is 0 Å². The highest BCUT2D eigenvalue weighted by molar-refractivity contribution is 6.35. The van der Waals surface area contributed by atoms with Gasteiger partial charge >= 0.3 is 0 Å². The molecule has 0 saturated heterocycles. The fourth-order valence-electron chi connectivity index (χ4n) is 2.02. The van der Waals surface area contributed by atoms with Crippen molar-refractivity contribution in [1.82, 2.24) is 9.88 Å². The summed E-state index contributed by atoms with van der Waals surface area (Å²) in [5, 5.41) is 4.57. The Labute approximate surface area is 91.6 Å². The first-order chi connectivity index (χ1) is 7.25. The Hall–Kier alpha value is -1.48. The third-order valence-electron chi connectivity index (χ3n) is 2.75. The van der Waals surface area contributed by atoms with Gasteiger partial charge in [0.15, 0.2) is 0 Å². The molecule has 0 bridgehead atoms. The number of benzene rings is 1. The van der Waals surface area contributed by atoms with Gasteiger partial charge in [0, 0.05) is 16.1 Å². The van der Waals surface area contributed by atoms with E-state index in [2.05, 4.69) is 5.32 Å². The van der Waals surface area contributed by atoms with Gasteiger partial charge in [0.05, 0.1) is 12.1 Å². The van der Waals surface area contributed by atoms with Crippen LogP contribution < -0.4 is 5.32 Å². The number of carbonyl (C=O) groups excluding carboxylic acids is 1. The maximum absolute atomic E-state index is 11.3. The van der Waals surface area contributed by atoms with Crippen LogP contribution in [0.2, 0.25) is 5.02 Å². The molecule has 3 nitrogen and oxygen atoms in total. The fraction of sp³-hybridized carbons (Fsp3) is 0.182. The molecule has 0 spiro atoms. The first-order valence-corrected chi connectivity index (χ1v) is 5.17. The summed E-state index contributed by atoms with van der Waals surface area (Å²) in [5.74, 6) is 0.0555. The number of amides is 1. The van der Waals surface area contributed by atoms with Gasteiger partial charge in [-0.05, 0) is 18.2 Å². The van der Waals surface area contributed by atoms with E-state index in [9.17, 15) is 4.79 Å². The summed E-state index contributed by atoms with van der Waals surface area (Å²) in [6, 6.07) is 7.80. The van der Waals surface area contributed by atoms with Crippen LogP contribution in [0, 0.1) is 0 Å². The van der Waals surface area contributed by atoms with Gasteiger partial charge < -0.3 is 9.88 Å². The van der Waals surface area contributed by atoms with Crippen molar-refractivity contribution in [2.45, 2.75) is 13.1 Å². The number of hydrogen-bond donors (Lipinski definition) is 1. The van der Waals surface area contributed by atoms with Crippen LogP contribution in [-0.2, 0) is 17.9 Å². The first-order valence-electron chi connectivity index (χ1n) is 4.79. The number of carbonyl (C=O) groups is 1. The predicted molar refractivity (Wildman–Crippen MR) is 58.8 cm³/mol. The molecule has 0 radical (unpaired) electrons. The molecular weight excluding hydrogens is 212 g/mol. The molecule has 0 fully saturated rings. The quantitative estimate of drug-likeness (QED) is 0.723. The fourth-order valence-corrected chi connectivity index (χ4v) is 2.25. The average molecular weight is 221 g/mol. The third kappa shape index (κ3) is 1.23. The van der Waals surface area contributed by atoms with Gasteiger partial charge in [-0.15, -0.1) is 0 Å². The molecule has 1 amide bonds. The second kappa shape index (κ2) is 3.00. The van der Waals surface area contributed by atoms with E-state index in [0.29, 0.717) is 13.1 Å². The minimum Gasteiger partial charge on any atom is -0.349 e. The molecule has 4 heteroatoms. The molecule has 0 atom stereocenters. The molecule has 1 N–H and O–H groups in total. The van der Waals surface area contributed by atoms with E-state index in [1.165, 1.54) is 0 Å². The van der Waals surface area contributed by atoms with Crippen LogP contribution in [0.25, 0.3) is 10.9 Å². The molecule has 76 valence electrons. The summed E-state index contributed by atoms with van der Waals surface area (Å²) in [4.78, 5) is 11.3. The minimum absolute atomic E-state index is 0.0555. The molecule has 1 aliphatic rings. The maximum atomic E-state index is 11.3. The Morgan fingerprint density at radius 3 is 3.13 bits per heavy atom. The summed E-state index contributed by atoms with van der Waals surface area (Å²) in [5.41, 5.74) is 2.14. The summed E-state index contributed by atoms with van der Waals surface area (Å²) in [6.07, 6.45) is 0. The molecule has 3 rings (SSSR count). The Bertz CT molecular complexity index is 559. The van der Waals surface area contributed by atoms with Gasteiger partial charge in [0.25, 0.3) is 0 Å². The van der Waals surface area contributed by atoms with Gasteiger partial charge in [-0.2, -0.15) is 0 Å². The molecule has 0 unspecified atom stereocenters. The lowest BCUT2D eigenvalue weighted by Crippen LogP contribution is -2.33. The zero-order chi connectivity index (χ0) is 10.4. The van der Waals surface area contributed by atoms with Crippen molar-refractivity contribution in [3.05, 3.63) is 35.0 Å². The van der Waals surface area contributed by atoms with Gasteiger partial charge in [0.1, 0.15) is 6.54 Å². The Kier molecular flexibility index (Phi) is 1.76. The van der Waals surface area contributed by atoms with Crippen molar-refractivity contribution in [3.63, 3.8) is 0 Å². The highest BCUT2D eigenvalue weighted by Gasteiger charge is 2.17. The normalized spacial score (nSPS) is 15.1. The number of fused-ring (bicyclic) bond motifs is 3. The van der Waals surface area contributed by atoms with E-state index in [0.717, 1.165) is 21.6 Å². The van der Waals surface area contributed by atoms with Crippen molar-refractivity contribution in [2.75, 3.05) is 0 Å². The van der Waals surface area contributed by atoms with Gasteiger partial charge in [-0.1, -0.05) is 17.7 Å². The van der Waals surface area contributed by atoms with Gasteiger partial charge in [0.2, 0.25) is 5.91 Å². The van der Waals surface area contributed by atoms with E-state index in [1.54, 1.807) is 0 Å². The second-order valence-electron chi connectivity index (χ2n) is 3.67. The van der Waals surface area contributed by atoms with Crippen LogP contribution in [0.4, 0.5) is 0 Å². The van der Waals surface area contributed by atoms with Crippen molar-refractivity contribution in [3.8, 4) is 0 Å². The lowest BCUT2D eigenvalue weighted by Gasteiger charge is -2.16. The minimum atomic E-state index is 0.0555. The number of nitrogens with one attached hydrogen (secondary N) is 1. The highest BCUT2D eigenvalue weighted by atomic mass is 35.5. The standard InChI is InChI=1S/C11H9ClN2O/c12-9-2-1-3-10-8(9)4-7-5-13-11(15)6-14(7)10/h1-4H,5-6H2,(H,13,15). The molecule has 1 aromatic heterocycles. The van der Waals surface area contributed by atoms with Crippen LogP contribution >= 0.6 is 11.6 Å². The molecule has 0 saturated carbocycles. The smallest absolute Gasteiger partial charge is 0.240 e. The van der Waals surface area contributed by atoms with Crippen LogP contribution in [0.1, 0.15) is 5.69 Å². The van der Waals surface area contributed by atoms with Crippen LogP contribution in [-0.4, -0.2) is 10.5 Å². The summed E-state index contributed by atoms with van der Waals surface area (Å²) in [7, 11) is 0. The monoisotopic (exact) mass is 220 g/mol. The van der Waals surface area contributed by atoms with Crippen molar-refractivity contribution in [1.29, 1.82) is 0 Å². The van der Waals surface area contributed by atoms with Crippen molar-refractivity contribution < 1.29 is 4.79 Å². The number of aromatic nitrogens is 1. The largest absolute Gasteiger partial charge is 0.349 e. The SMILES string of the molecule is O=C1Cn2c(cc3c(Cl)cccc32)CN1. The Balaban J connectivity index is 2.33. The van der Waals surface area contributed by atoms with E-state index in [-0.39, 0.29) is 5.91 Å². The predicted octanol–water partition coefficient (Wildman–Crippen LogP) is 1.92. The summed E-state index contributed by atoms with van der Waals surface area (Å²) < 4.78 is 2.01. The van der Waals surface area contributed by atoms with Crippen molar-refractivity contribution in [2.24, 2.45) is 0 Å². The molecular formula is C11H9ClN2O. The number of nitrogens with zero attached hydrogens (tertiary/aromatic N) is 1. The van der Waals surface area contributed by atoms with Gasteiger partial charge in [-0.25, -0.2) is 0 Å². The second-order valence-corrected chi connectivity index (χ2v) is 4.08. The van der Waals surface area contributed by atoms with E-state index < -0.39 is 0 Å². The molecule has 0 aliphatic carbocycles. The van der Waals surface area contributed by atoms with E-state index in [1.807, 2.05) is 28.8 Å². The Morgan fingerprint density at radius 1 is 1.40 bits per heavy atom. The molecule has 2 heterocycles. The lowest BCUT2D eigenvalue weighted by molar-refractivity contribution is -0.122. The van der Waals surface area contributed by atoms with Gasteiger partial charge in [-0.3, -0.25) is 4.79 Å². The zero-order valence-electron chi connectivity index (χ0n) is 7.96. The van der Waals surface area contributed by atoms with Crippen molar-refractivity contribution >= 4 is 28.4 Å². The van der Waals surface area contributed by atoms with E-state index in [4.69, 9.17) is 11.6 Å². The summed E-state index contributed by atoms with van der Waals surface area (Å²) >= 11 is 6.09. The third-order valence-corrected chi connectivity index (χ3v) is 3.08. The maximum Gasteiger partial charge on any atom is 0.240 e. The molecule has 1 aliphatic heterocycles. The first kappa shape index (κ1) is 8.80. The molecule has 15 heavy (non-hydrogen) atoms. The van der Waals surface area contributed by atoms with Crippen LogP contribution in [0.15, 0.2) is 24.3 Å². The number of halogens is 1. The van der Waals surface area contributed by atoms with Crippen LogP contribution in [0.5, 0.6) is 0 Å². The lowest BCUT2D eigenvalue weighted by atomic mass is 10.2. The highest BCUT2D eigenvalue weighted by Crippen LogP contribution is 2.27. The average Bonchev–Trinajstić information content (AvgIpc) is 2.58. The molecule has 1 aromatic carbocycles. The molecule has 2 aromatic rings.